The van der Waals surface area contributed by atoms with E-state index >= 15 is 0 Å². The molecule has 0 atom stereocenters. The highest BCUT2D eigenvalue weighted by molar-refractivity contribution is 6.00. The van der Waals surface area contributed by atoms with E-state index in [-0.39, 0.29) is 5.91 Å². The maximum absolute atomic E-state index is 11.4. The van der Waals surface area contributed by atoms with Crippen LogP contribution in [0.3, 0.4) is 0 Å². The molecule has 1 amide bonds. The normalized spacial score (nSPS) is 12.5. The van der Waals surface area contributed by atoms with Crippen molar-refractivity contribution in [1.82, 2.24) is 0 Å². The number of carbonyl (C=O) groups excluding carboxylic acids is 1. The van der Waals surface area contributed by atoms with E-state index in [1.54, 1.807) is 24.3 Å². The van der Waals surface area contributed by atoms with E-state index < -0.39 is 0 Å². The van der Waals surface area contributed by atoms with Crippen molar-refractivity contribution in [2.75, 3.05) is 11.1 Å². The molecule has 2 aromatic carbocycles. The molecule has 5 nitrogen and oxygen atoms in total. The summed E-state index contributed by atoms with van der Waals surface area (Å²) in [6.07, 6.45) is 0.336. The monoisotopic (exact) mass is 279 g/mol. The van der Waals surface area contributed by atoms with E-state index in [9.17, 15) is 4.79 Å². The lowest BCUT2D eigenvalue weighted by molar-refractivity contribution is -0.115. The van der Waals surface area contributed by atoms with Crippen molar-refractivity contribution < 1.29 is 9.53 Å². The van der Waals surface area contributed by atoms with Gasteiger partial charge in [-0.25, -0.2) is 0 Å². The molecule has 1 aliphatic heterocycles. The first-order valence-electron chi connectivity index (χ1n) is 6.47. The van der Waals surface area contributed by atoms with Crippen LogP contribution >= 0.6 is 0 Å². The molecule has 1 aliphatic rings. The summed E-state index contributed by atoms with van der Waals surface area (Å²) in [4.78, 5) is 11.4. The van der Waals surface area contributed by atoms with Crippen LogP contribution in [0.25, 0.3) is 0 Å². The fourth-order valence-electron chi connectivity index (χ4n) is 2.26. The van der Waals surface area contributed by atoms with Gasteiger partial charge in [0.25, 0.3) is 0 Å². The Balaban J connectivity index is 1.98. The van der Waals surface area contributed by atoms with Crippen LogP contribution in [0.5, 0.6) is 11.5 Å². The van der Waals surface area contributed by atoms with Crippen LogP contribution in [0.15, 0.2) is 30.3 Å². The van der Waals surface area contributed by atoms with Gasteiger partial charge in [0.1, 0.15) is 5.75 Å². The number of nitrogen functional groups attached to an aromatic ring is 1. The third-order valence-corrected chi connectivity index (χ3v) is 3.40. The highest BCUT2D eigenvalue weighted by Gasteiger charge is 2.20. The molecular formula is C16H13N3O2. The number of hydrogen-bond donors (Lipinski definition) is 2. The Labute approximate surface area is 121 Å². The maximum atomic E-state index is 11.4. The van der Waals surface area contributed by atoms with Crippen molar-refractivity contribution in [3.8, 4) is 17.6 Å². The zero-order chi connectivity index (χ0) is 15.0. The first-order valence-corrected chi connectivity index (χ1v) is 6.47. The van der Waals surface area contributed by atoms with Crippen LogP contribution in [-0.4, -0.2) is 5.91 Å². The topological polar surface area (TPSA) is 88.1 Å². The first-order chi connectivity index (χ1) is 10.1. The molecule has 3 rings (SSSR count). The van der Waals surface area contributed by atoms with Crippen molar-refractivity contribution in [2.24, 2.45) is 0 Å². The van der Waals surface area contributed by atoms with E-state index in [1.165, 1.54) is 0 Å². The predicted octanol–water partition coefficient (Wildman–Crippen LogP) is 2.74. The third kappa shape index (κ3) is 2.39. The van der Waals surface area contributed by atoms with Gasteiger partial charge in [0.2, 0.25) is 5.91 Å². The second-order valence-electron chi connectivity index (χ2n) is 4.97. The minimum Gasteiger partial charge on any atom is -0.455 e. The molecule has 0 unspecified atom stereocenters. The number of fused-ring (bicyclic) bond motifs is 1. The Kier molecular flexibility index (Phi) is 2.99. The van der Waals surface area contributed by atoms with Crippen molar-refractivity contribution in [1.29, 1.82) is 5.26 Å². The highest BCUT2D eigenvalue weighted by Crippen LogP contribution is 2.36. The molecule has 0 aromatic heterocycles. The summed E-state index contributed by atoms with van der Waals surface area (Å²) in [5, 5.41) is 11.7. The number of aryl methyl sites for hydroxylation is 1. The summed E-state index contributed by atoms with van der Waals surface area (Å²) in [7, 11) is 0. The number of nitrogens with two attached hydrogens (primary N) is 1. The van der Waals surface area contributed by atoms with E-state index in [2.05, 4.69) is 11.4 Å². The van der Waals surface area contributed by atoms with Crippen molar-refractivity contribution >= 4 is 17.3 Å². The van der Waals surface area contributed by atoms with Gasteiger partial charge in [-0.1, -0.05) is 6.07 Å². The zero-order valence-corrected chi connectivity index (χ0v) is 11.4. The Hall–Kier alpha value is -3.00. The van der Waals surface area contributed by atoms with Crippen LogP contribution in [0.2, 0.25) is 0 Å². The zero-order valence-electron chi connectivity index (χ0n) is 11.4. The molecule has 104 valence electrons. The number of anilines is 2. The molecule has 0 saturated heterocycles. The quantitative estimate of drug-likeness (QED) is 0.827. The predicted molar refractivity (Wildman–Crippen MR) is 79.2 cm³/mol. The van der Waals surface area contributed by atoms with Gasteiger partial charge in [-0.05, 0) is 36.2 Å². The molecule has 21 heavy (non-hydrogen) atoms. The van der Waals surface area contributed by atoms with Crippen LogP contribution in [0.1, 0.15) is 16.7 Å². The van der Waals surface area contributed by atoms with E-state index in [0.29, 0.717) is 29.2 Å². The molecule has 3 N–H and O–H groups in total. The highest BCUT2D eigenvalue weighted by atomic mass is 16.5. The summed E-state index contributed by atoms with van der Waals surface area (Å²) < 4.78 is 5.82. The summed E-state index contributed by atoms with van der Waals surface area (Å²) in [6, 6.07) is 10.7. The number of ether oxygens (including phenoxy) is 1. The van der Waals surface area contributed by atoms with Crippen LogP contribution in [-0.2, 0) is 11.2 Å². The average Bonchev–Trinajstić information content (AvgIpc) is 2.80. The Morgan fingerprint density at radius 2 is 2.10 bits per heavy atom. The van der Waals surface area contributed by atoms with Crippen LogP contribution < -0.4 is 15.8 Å². The Morgan fingerprint density at radius 3 is 2.86 bits per heavy atom. The second-order valence-corrected chi connectivity index (χ2v) is 4.97. The van der Waals surface area contributed by atoms with Gasteiger partial charge >= 0.3 is 0 Å². The van der Waals surface area contributed by atoms with Crippen LogP contribution in [0.4, 0.5) is 11.4 Å². The summed E-state index contributed by atoms with van der Waals surface area (Å²) in [6.45, 7) is 1.89. The summed E-state index contributed by atoms with van der Waals surface area (Å²) in [5.41, 5.74) is 9.45. The van der Waals surface area contributed by atoms with Gasteiger partial charge < -0.3 is 15.8 Å². The summed E-state index contributed by atoms with van der Waals surface area (Å²) >= 11 is 0. The number of amides is 1. The van der Waals surface area contributed by atoms with Gasteiger partial charge in [0, 0.05) is 11.8 Å². The Bertz CT molecular complexity index is 791. The Morgan fingerprint density at radius 1 is 1.29 bits per heavy atom. The number of nitrogens with one attached hydrogen (secondary N) is 1. The molecule has 2 aromatic rings. The van der Waals surface area contributed by atoms with Gasteiger partial charge in [-0.2, -0.15) is 5.26 Å². The van der Waals surface area contributed by atoms with Gasteiger partial charge in [0.05, 0.1) is 23.7 Å². The molecule has 1 heterocycles. The largest absolute Gasteiger partial charge is 0.455 e. The smallest absolute Gasteiger partial charge is 0.228 e. The standard InChI is InChI=1S/C16H13N3O2/c1-9-2-3-10(8-17)4-14(9)21-15-7-13-11(5-12(15)18)6-16(20)19-13/h2-5,7H,6,18H2,1H3,(H,19,20). The average molecular weight is 279 g/mol. The molecule has 0 saturated carbocycles. The second kappa shape index (κ2) is 4.84. The lowest BCUT2D eigenvalue weighted by Gasteiger charge is -2.12. The van der Waals surface area contributed by atoms with E-state index in [0.717, 1.165) is 16.8 Å². The minimum absolute atomic E-state index is 0.0517. The number of nitrogens with zero attached hydrogens (tertiary/aromatic N) is 1. The number of nitriles is 1. The number of carbonyl (C=O) groups is 1. The minimum atomic E-state index is -0.0517. The molecule has 0 aliphatic carbocycles. The van der Waals surface area contributed by atoms with Gasteiger partial charge in [0.15, 0.2) is 5.75 Å². The summed E-state index contributed by atoms with van der Waals surface area (Å²) in [5.74, 6) is 0.989. The third-order valence-electron chi connectivity index (χ3n) is 3.40. The maximum Gasteiger partial charge on any atom is 0.228 e. The molecular weight excluding hydrogens is 266 g/mol. The molecule has 5 heteroatoms. The van der Waals surface area contributed by atoms with E-state index in [4.69, 9.17) is 15.7 Å². The molecule has 0 radical (unpaired) electrons. The van der Waals surface area contributed by atoms with Crippen molar-refractivity contribution in [3.63, 3.8) is 0 Å². The number of rotatable bonds is 2. The SMILES string of the molecule is Cc1ccc(C#N)cc1Oc1cc2c(cc1N)CC(=O)N2. The lowest BCUT2D eigenvalue weighted by atomic mass is 10.1. The fraction of sp³-hybridized carbons (Fsp3) is 0.125. The molecule has 0 fully saturated rings. The van der Waals surface area contributed by atoms with Gasteiger partial charge in [-0.15, -0.1) is 0 Å². The first kappa shape index (κ1) is 13.0. The van der Waals surface area contributed by atoms with Crippen LogP contribution in [0, 0.1) is 18.3 Å². The molecule has 0 bridgehead atoms. The van der Waals surface area contributed by atoms with Gasteiger partial charge in [-0.3, -0.25) is 4.79 Å². The lowest BCUT2D eigenvalue weighted by Crippen LogP contribution is -2.03. The fourth-order valence-corrected chi connectivity index (χ4v) is 2.26. The number of hydrogen-bond acceptors (Lipinski definition) is 4. The molecule has 0 spiro atoms. The number of benzene rings is 2. The van der Waals surface area contributed by atoms with Crippen molar-refractivity contribution in [2.45, 2.75) is 13.3 Å². The van der Waals surface area contributed by atoms with Crippen molar-refractivity contribution in [3.05, 3.63) is 47.0 Å². The van der Waals surface area contributed by atoms with E-state index in [1.807, 2.05) is 13.0 Å².